The molecule has 3 aromatic rings. The molecule has 1 aliphatic heterocycles. The number of carbonyl (C=O) groups excluding carboxylic acids is 1. The number of pyridine rings is 1. The van der Waals surface area contributed by atoms with E-state index in [1.807, 2.05) is 30.3 Å². The van der Waals surface area contributed by atoms with Crippen LogP contribution in [0, 0.1) is 0 Å². The van der Waals surface area contributed by atoms with Crippen LogP contribution in [0.4, 0.5) is 0 Å². The molecular weight excluding hydrogens is 370 g/mol. The number of aromatic nitrogens is 2. The Labute approximate surface area is 146 Å². The second-order valence-corrected chi connectivity index (χ2v) is 6.58. The molecule has 0 aliphatic carbocycles. The number of benzene rings is 1. The van der Waals surface area contributed by atoms with Gasteiger partial charge in [-0.25, -0.2) is 4.98 Å². The molecule has 1 aromatic carbocycles. The smallest absolute Gasteiger partial charge is 0.263 e. The Hall–Kier alpha value is -2.47. The van der Waals surface area contributed by atoms with Crippen LogP contribution in [0.15, 0.2) is 57.9 Å². The van der Waals surface area contributed by atoms with Gasteiger partial charge in [-0.15, -0.1) is 0 Å². The summed E-state index contributed by atoms with van der Waals surface area (Å²) in [4.78, 5) is 31.8. The van der Waals surface area contributed by atoms with E-state index < -0.39 is 0 Å². The van der Waals surface area contributed by atoms with Crippen LogP contribution < -0.4 is 5.56 Å². The highest BCUT2D eigenvalue weighted by molar-refractivity contribution is 9.10. The van der Waals surface area contributed by atoms with Gasteiger partial charge in [0, 0.05) is 23.6 Å². The quantitative estimate of drug-likeness (QED) is 0.648. The van der Waals surface area contributed by atoms with Gasteiger partial charge in [-0.3, -0.25) is 14.0 Å². The fourth-order valence-electron chi connectivity index (χ4n) is 3.03. The molecule has 6 heteroatoms. The molecule has 0 saturated carbocycles. The number of halogens is 1. The van der Waals surface area contributed by atoms with Gasteiger partial charge >= 0.3 is 0 Å². The normalized spacial score (nSPS) is 13.8. The summed E-state index contributed by atoms with van der Waals surface area (Å²) in [6, 6.07) is 12.8. The Morgan fingerprint density at radius 1 is 1.12 bits per heavy atom. The van der Waals surface area contributed by atoms with Crippen LogP contribution in [0.1, 0.15) is 21.6 Å². The van der Waals surface area contributed by atoms with Crippen molar-refractivity contribution >= 4 is 27.5 Å². The molecule has 1 amide bonds. The van der Waals surface area contributed by atoms with E-state index in [4.69, 9.17) is 0 Å². The molecule has 0 atom stereocenters. The molecular formula is C18H14BrN3O2. The van der Waals surface area contributed by atoms with E-state index in [1.54, 1.807) is 23.2 Å². The molecule has 0 unspecified atom stereocenters. The molecule has 1 aliphatic rings. The highest BCUT2D eigenvalue weighted by Gasteiger charge is 2.26. The van der Waals surface area contributed by atoms with Gasteiger partial charge in [0.2, 0.25) is 0 Å². The lowest BCUT2D eigenvalue weighted by molar-refractivity contribution is 0.0731. The maximum atomic E-state index is 12.8. The van der Waals surface area contributed by atoms with Crippen molar-refractivity contribution in [2.45, 2.75) is 13.0 Å². The number of hydrogen-bond donors (Lipinski definition) is 0. The Morgan fingerprint density at radius 3 is 2.75 bits per heavy atom. The van der Waals surface area contributed by atoms with Crippen molar-refractivity contribution in [2.75, 3.05) is 6.54 Å². The maximum Gasteiger partial charge on any atom is 0.263 e. The van der Waals surface area contributed by atoms with Crippen molar-refractivity contribution in [3.05, 3.63) is 80.3 Å². The number of amides is 1. The summed E-state index contributed by atoms with van der Waals surface area (Å²) in [6.45, 7) is 0.849. The molecule has 0 saturated heterocycles. The lowest BCUT2D eigenvalue weighted by atomic mass is 10.1. The van der Waals surface area contributed by atoms with Crippen LogP contribution in [0.3, 0.4) is 0 Å². The van der Waals surface area contributed by atoms with Crippen LogP contribution in [0.2, 0.25) is 0 Å². The highest BCUT2D eigenvalue weighted by atomic mass is 79.9. The summed E-state index contributed by atoms with van der Waals surface area (Å²) in [5, 5.41) is 0. The average molecular weight is 384 g/mol. The van der Waals surface area contributed by atoms with Crippen LogP contribution >= 0.6 is 15.9 Å². The zero-order chi connectivity index (χ0) is 16.7. The van der Waals surface area contributed by atoms with E-state index in [0.717, 1.165) is 10.2 Å². The van der Waals surface area contributed by atoms with E-state index in [1.165, 1.54) is 4.40 Å². The van der Waals surface area contributed by atoms with E-state index in [-0.39, 0.29) is 11.5 Å². The van der Waals surface area contributed by atoms with Crippen molar-refractivity contribution < 1.29 is 4.79 Å². The second kappa shape index (κ2) is 5.87. The van der Waals surface area contributed by atoms with E-state index in [9.17, 15) is 9.59 Å². The molecule has 0 bridgehead atoms. The monoisotopic (exact) mass is 383 g/mol. The minimum atomic E-state index is -0.0970. The Balaban J connectivity index is 1.74. The van der Waals surface area contributed by atoms with Gasteiger partial charge in [0.1, 0.15) is 5.65 Å². The van der Waals surface area contributed by atoms with Gasteiger partial charge in [-0.1, -0.05) is 18.2 Å². The van der Waals surface area contributed by atoms with Gasteiger partial charge in [0.15, 0.2) is 0 Å². The van der Waals surface area contributed by atoms with Gasteiger partial charge in [0.05, 0.1) is 23.4 Å². The lowest BCUT2D eigenvalue weighted by Crippen LogP contribution is -2.40. The minimum absolute atomic E-state index is 0.0781. The predicted octanol–water partition coefficient (Wildman–Crippen LogP) is 2.66. The minimum Gasteiger partial charge on any atom is -0.334 e. The Kier molecular flexibility index (Phi) is 3.69. The van der Waals surface area contributed by atoms with Crippen molar-refractivity contribution in [1.29, 1.82) is 0 Å². The number of fused-ring (bicyclic) bond motifs is 2. The standard InChI is InChI=1S/C18H14BrN3O2/c19-14-6-2-1-5-12(14)17(23)21-10-8-15-13(11-21)18(24)22-9-4-3-7-16(22)20-15/h1-7,9H,8,10-11H2. The topological polar surface area (TPSA) is 54.7 Å². The highest BCUT2D eigenvalue weighted by Crippen LogP contribution is 2.21. The van der Waals surface area contributed by atoms with Crippen LogP contribution in [0.5, 0.6) is 0 Å². The second-order valence-electron chi connectivity index (χ2n) is 5.73. The number of carbonyl (C=O) groups is 1. The van der Waals surface area contributed by atoms with E-state index in [2.05, 4.69) is 20.9 Å². The van der Waals surface area contributed by atoms with Gasteiger partial charge in [-0.2, -0.15) is 0 Å². The number of hydrogen-bond acceptors (Lipinski definition) is 3. The van der Waals surface area contributed by atoms with Crippen molar-refractivity contribution in [3.63, 3.8) is 0 Å². The first kappa shape index (κ1) is 15.1. The summed E-state index contributed by atoms with van der Waals surface area (Å²) in [7, 11) is 0. The maximum absolute atomic E-state index is 12.8. The first-order valence-corrected chi connectivity index (χ1v) is 8.47. The zero-order valence-electron chi connectivity index (χ0n) is 12.8. The number of nitrogens with zero attached hydrogens (tertiary/aromatic N) is 3. The third-order valence-corrected chi connectivity index (χ3v) is 4.96. The third kappa shape index (κ3) is 2.43. The Morgan fingerprint density at radius 2 is 1.92 bits per heavy atom. The van der Waals surface area contributed by atoms with Gasteiger partial charge in [0.25, 0.3) is 11.5 Å². The molecule has 24 heavy (non-hydrogen) atoms. The summed E-state index contributed by atoms with van der Waals surface area (Å²) in [5.41, 5.74) is 2.55. The molecule has 0 fully saturated rings. The molecule has 0 N–H and O–H groups in total. The third-order valence-electron chi connectivity index (χ3n) is 4.27. The Bertz CT molecular complexity index is 1010. The summed E-state index contributed by atoms with van der Waals surface area (Å²) < 4.78 is 2.29. The van der Waals surface area contributed by atoms with E-state index >= 15 is 0 Å². The van der Waals surface area contributed by atoms with Crippen molar-refractivity contribution in [1.82, 2.24) is 14.3 Å². The van der Waals surface area contributed by atoms with Crippen molar-refractivity contribution in [3.8, 4) is 0 Å². The first-order chi connectivity index (χ1) is 11.6. The summed E-state index contributed by atoms with van der Waals surface area (Å²) >= 11 is 3.42. The molecule has 3 heterocycles. The summed E-state index contributed by atoms with van der Waals surface area (Å²) in [6.07, 6.45) is 2.30. The van der Waals surface area contributed by atoms with Gasteiger partial charge < -0.3 is 4.90 Å². The molecule has 0 spiro atoms. The fourth-order valence-corrected chi connectivity index (χ4v) is 3.48. The molecule has 4 rings (SSSR count). The molecule has 120 valence electrons. The molecule has 2 aromatic heterocycles. The molecule has 0 radical (unpaired) electrons. The average Bonchev–Trinajstić information content (AvgIpc) is 2.62. The van der Waals surface area contributed by atoms with Gasteiger partial charge in [-0.05, 0) is 40.2 Å². The first-order valence-electron chi connectivity index (χ1n) is 7.68. The lowest BCUT2D eigenvalue weighted by Gasteiger charge is -2.28. The number of rotatable bonds is 1. The molecule has 5 nitrogen and oxygen atoms in total. The summed E-state index contributed by atoms with van der Waals surface area (Å²) in [5.74, 6) is -0.0781. The predicted molar refractivity (Wildman–Crippen MR) is 94.0 cm³/mol. The fraction of sp³-hybridized carbons (Fsp3) is 0.167. The SMILES string of the molecule is O=C(c1ccccc1Br)N1CCc2nc3ccccn3c(=O)c2C1. The van der Waals surface area contributed by atoms with Crippen LogP contribution in [-0.2, 0) is 13.0 Å². The largest absolute Gasteiger partial charge is 0.334 e. The van der Waals surface area contributed by atoms with Crippen molar-refractivity contribution in [2.24, 2.45) is 0 Å². The zero-order valence-corrected chi connectivity index (χ0v) is 14.4. The van der Waals surface area contributed by atoms with E-state index in [0.29, 0.717) is 36.3 Å². The van der Waals surface area contributed by atoms with Crippen LogP contribution in [0.25, 0.3) is 5.65 Å². The van der Waals surface area contributed by atoms with Crippen LogP contribution in [-0.4, -0.2) is 26.7 Å².